The number of aromatic nitrogens is 2. The van der Waals surface area contributed by atoms with E-state index >= 15 is 0 Å². The highest BCUT2D eigenvalue weighted by molar-refractivity contribution is 5.95. The van der Waals surface area contributed by atoms with Crippen molar-refractivity contribution in [3.05, 3.63) is 76.7 Å². The Morgan fingerprint density at radius 2 is 1.59 bits per heavy atom. The van der Waals surface area contributed by atoms with Crippen molar-refractivity contribution in [2.24, 2.45) is 0 Å². The number of piperazine rings is 1. The first-order valence-electron chi connectivity index (χ1n) is 11.7. The number of carbonyl (C=O) groups is 1. The molecule has 0 aliphatic carbocycles. The summed E-state index contributed by atoms with van der Waals surface area (Å²) in [6, 6.07) is 15.7. The van der Waals surface area contributed by atoms with Gasteiger partial charge in [0.2, 0.25) is 0 Å². The average Bonchev–Trinajstić information content (AvgIpc) is 2.89. The first-order chi connectivity index (χ1) is 16.5. The molecule has 0 atom stereocenters. The molecule has 178 valence electrons. The second-order valence-corrected chi connectivity index (χ2v) is 8.42. The van der Waals surface area contributed by atoms with Crippen LogP contribution < -0.4 is 14.4 Å². The monoisotopic (exact) mass is 460 g/mol. The van der Waals surface area contributed by atoms with E-state index < -0.39 is 0 Å². The summed E-state index contributed by atoms with van der Waals surface area (Å²) < 4.78 is 10.7. The van der Waals surface area contributed by atoms with E-state index in [2.05, 4.69) is 36.1 Å². The lowest BCUT2D eigenvalue weighted by Gasteiger charge is -2.36. The fraction of sp³-hybridized carbons (Fsp3) is 0.370. The molecule has 1 saturated heterocycles. The zero-order valence-corrected chi connectivity index (χ0v) is 20.4. The third-order valence-electron chi connectivity index (χ3n) is 6.21. The molecule has 0 radical (unpaired) electrons. The predicted octanol–water partition coefficient (Wildman–Crippen LogP) is 3.92. The number of carbonyl (C=O) groups excluding carboxylic acids is 1. The predicted molar refractivity (Wildman–Crippen MR) is 133 cm³/mol. The van der Waals surface area contributed by atoms with Crippen molar-refractivity contribution >= 4 is 11.7 Å². The summed E-state index contributed by atoms with van der Waals surface area (Å²) in [5.74, 6) is 2.97. The maximum atomic E-state index is 13.2. The lowest BCUT2D eigenvalue weighted by atomic mass is 10.0. The molecule has 34 heavy (non-hydrogen) atoms. The minimum atomic E-state index is -0.0190. The normalized spacial score (nSPS) is 13.6. The number of methoxy groups -OCH3 is 2. The van der Waals surface area contributed by atoms with Gasteiger partial charge in [-0.15, -0.1) is 0 Å². The smallest absolute Gasteiger partial charge is 0.254 e. The molecule has 1 aliphatic heterocycles. The van der Waals surface area contributed by atoms with Gasteiger partial charge in [-0.05, 0) is 31.0 Å². The Morgan fingerprint density at radius 1 is 0.941 bits per heavy atom. The minimum Gasteiger partial charge on any atom is -0.497 e. The Balaban J connectivity index is 1.54. The van der Waals surface area contributed by atoms with Gasteiger partial charge >= 0.3 is 0 Å². The minimum absolute atomic E-state index is 0.0190. The Morgan fingerprint density at radius 3 is 2.18 bits per heavy atom. The molecule has 1 aliphatic rings. The number of amides is 1. The van der Waals surface area contributed by atoms with Crippen LogP contribution >= 0.6 is 0 Å². The first kappa shape index (κ1) is 23.5. The van der Waals surface area contributed by atoms with Crippen LogP contribution in [0.3, 0.4) is 0 Å². The number of hydrogen-bond acceptors (Lipinski definition) is 6. The van der Waals surface area contributed by atoms with E-state index in [-0.39, 0.29) is 5.91 Å². The summed E-state index contributed by atoms with van der Waals surface area (Å²) >= 11 is 0. The van der Waals surface area contributed by atoms with Crippen LogP contribution in [-0.4, -0.2) is 61.2 Å². The molecule has 0 spiro atoms. The second kappa shape index (κ2) is 10.5. The molecular weight excluding hydrogens is 428 g/mol. The van der Waals surface area contributed by atoms with Gasteiger partial charge in [0.15, 0.2) is 0 Å². The molecule has 2 aromatic carbocycles. The quantitative estimate of drug-likeness (QED) is 0.532. The van der Waals surface area contributed by atoms with Crippen molar-refractivity contribution in [1.29, 1.82) is 0 Å². The summed E-state index contributed by atoms with van der Waals surface area (Å²) in [6.07, 6.45) is 1.65. The lowest BCUT2D eigenvalue weighted by Crippen LogP contribution is -2.49. The summed E-state index contributed by atoms with van der Waals surface area (Å²) in [4.78, 5) is 27.0. The molecule has 0 saturated carbocycles. The molecule has 1 fully saturated rings. The van der Waals surface area contributed by atoms with Gasteiger partial charge in [-0.2, -0.15) is 0 Å². The standard InChI is InChI=1S/C27H32N4O3/c1-5-25-24(15-20-9-7-6-8-10-20)26(29-19(2)28-25)30-11-13-31(14-12-30)27(32)21-16-22(33-3)18-23(17-21)34-4/h6-10,16-18H,5,11-15H2,1-4H3. The molecule has 7 nitrogen and oxygen atoms in total. The van der Waals surface area contributed by atoms with E-state index in [1.54, 1.807) is 32.4 Å². The fourth-order valence-electron chi connectivity index (χ4n) is 4.41. The Labute approximate surface area is 201 Å². The first-order valence-corrected chi connectivity index (χ1v) is 11.7. The van der Waals surface area contributed by atoms with Crippen LogP contribution in [0.4, 0.5) is 5.82 Å². The molecule has 0 N–H and O–H groups in total. The number of anilines is 1. The third-order valence-corrected chi connectivity index (χ3v) is 6.21. The van der Waals surface area contributed by atoms with Gasteiger partial charge < -0.3 is 19.3 Å². The number of nitrogens with zero attached hydrogens (tertiary/aromatic N) is 4. The summed E-state index contributed by atoms with van der Waals surface area (Å²) in [5.41, 5.74) is 4.08. The second-order valence-electron chi connectivity index (χ2n) is 8.42. The molecule has 0 bridgehead atoms. The van der Waals surface area contributed by atoms with Crippen LogP contribution in [0.1, 0.15) is 39.9 Å². The Kier molecular flexibility index (Phi) is 7.30. The average molecular weight is 461 g/mol. The van der Waals surface area contributed by atoms with Crippen LogP contribution in [0, 0.1) is 6.92 Å². The highest BCUT2D eigenvalue weighted by Gasteiger charge is 2.26. The van der Waals surface area contributed by atoms with Gasteiger partial charge in [-0.25, -0.2) is 9.97 Å². The van der Waals surface area contributed by atoms with E-state index in [1.807, 2.05) is 17.9 Å². The van der Waals surface area contributed by atoms with E-state index in [9.17, 15) is 4.79 Å². The SMILES string of the molecule is CCc1nc(C)nc(N2CCN(C(=O)c3cc(OC)cc(OC)c3)CC2)c1Cc1ccccc1. The Hall–Kier alpha value is -3.61. The molecule has 3 aromatic rings. The van der Waals surface area contributed by atoms with Crippen molar-refractivity contribution in [2.45, 2.75) is 26.7 Å². The van der Waals surface area contributed by atoms with E-state index in [0.29, 0.717) is 43.2 Å². The molecule has 1 aromatic heterocycles. The van der Waals surface area contributed by atoms with Gasteiger partial charge in [0.25, 0.3) is 5.91 Å². The number of benzene rings is 2. The molecule has 4 rings (SSSR count). The van der Waals surface area contributed by atoms with Crippen LogP contribution in [0.15, 0.2) is 48.5 Å². The van der Waals surface area contributed by atoms with Gasteiger partial charge in [-0.3, -0.25) is 4.79 Å². The molecule has 7 heteroatoms. The van der Waals surface area contributed by atoms with Crippen LogP contribution in [-0.2, 0) is 12.8 Å². The van der Waals surface area contributed by atoms with Crippen molar-refractivity contribution in [3.63, 3.8) is 0 Å². The topological polar surface area (TPSA) is 67.8 Å². The van der Waals surface area contributed by atoms with Gasteiger partial charge in [0, 0.05) is 55.5 Å². The van der Waals surface area contributed by atoms with Crippen molar-refractivity contribution in [2.75, 3.05) is 45.3 Å². The van der Waals surface area contributed by atoms with E-state index in [0.717, 1.165) is 30.2 Å². The summed E-state index contributed by atoms with van der Waals surface area (Å²) in [7, 11) is 3.17. The van der Waals surface area contributed by atoms with E-state index in [1.165, 1.54) is 11.1 Å². The number of ether oxygens (including phenoxy) is 2. The van der Waals surface area contributed by atoms with Crippen molar-refractivity contribution < 1.29 is 14.3 Å². The van der Waals surface area contributed by atoms with Crippen LogP contribution in [0.2, 0.25) is 0 Å². The maximum Gasteiger partial charge on any atom is 0.254 e. The molecule has 1 amide bonds. The van der Waals surface area contributed by atoms with Gasteiger partial charge in [0.05, 0.1) is 14.2 Å². The van der Waals surface area contributed by atoms with Crippen LogP contribution in [0.25, 0.3) is 0 Å². The van der Waals surface area contributed by atoms with Crippen molar-refractivity contribution in [3.8, 4) is 11.5 Å². The maximum absolute atomic E-state index is 13.2. The summed E-state index contributed by atoms with van der Waals surface area (Å²) in [6.45, 7) is 6.76. The molecule has 2 heterocycles. The molecular formula is C27H32N4O3. The lowest BCUT2D eigenvalue weighted by molar-refractivity contribution is 0.0745. The van der Waals surface area contributed by atoms with Crippen LogP contribution in [0.5, 0.6) is 11.5 Å². The number of rotatable bonds is 7. The summed E-state index contributed by atoms with van der Waals surface area (Å²) in [5, 5.41) is 0. The van der Waals surface area contributed by atoms with E-state index in [4.69, 9.17) is 19.4 Å². The van der Waals surface area contributed by atoms with Gasteiger partial charge in [0.1, 0.15) is 23.1 Å². The number of aryl methyl sites for hydroxylation is 2. The Bertz CT molecular complexity index is 1120. The van der Waals surface area contributed by atoms with Crippen molar-refractivity contribution in [1.82, 2.24) is 14.9 Å². The fourth-order valence-corrected chi connectivity index (χ4v) is 4.41. The zero-order valence-electron chi connectivity index (χ0n) is 20.4. The highest BCUT2D eigenvalue weighted by Crippen LogP contribution is 2.27. The highest BCUT2D eigenvalue weighted by atomic mass is 16.5. The number of hydrogen-bond donors (Lipinski definition) is 0. The largest absolute Gasteiger partial charge is 0.497 e. The molecule has 0 unspecified atom stereocenters. The zero-order chi connectivity index (χ0) is 24.1. The third kappa shape index (κ3) is 5.14. The van der Waals surface area contributed by atoms with Gasteiger partial charge in [-0.1, -0.05) is 37.3 Å².